The van der Waals surface area contributed by atoms with E-state index in [9.17, 15) is 4.79 Å². The summed E-state index contributed by atoms with van der Waals surface area (Å²) in [5.41, 5.74) is 0.1000. The number of rotatable bonds is 5. The van der Waals surface area contributed by atoms with Crippen LogP contribution in [0.5, 0.6) is 0 Å². The SMILES string of the molecule is Cn1cnnc1CCNc1nnccc1C(=O)O. The third-order valence-electron chi connectivity index (χ3n) is 2.40. The Morgan fingerprint density at radius 3 is 2.94 bits per heavy atom. The average molecular weight is 248 g/mol. The Bertz CT molecular complexity index is 553. The Hall–Kier alpha value is -2.51. The molecule has 2 aromatic heterocycles. The van der Waals surface area contributed by atoms with E-state index in [1.54, 1.807) is 10.9 Å². The van der Waals surface area contributed by atoms with Gasteiger partial charge in [-0.3, -0.25) is 0 Å². The van der Waals surface area contributed by atoms with Crippen LogP contribution < -0.4 is 5.32 Å². The molecule has 8 heteroatoms. The summed E-state index contributed by atoms with van der Waals surface area (Å²) in [7, 11) is 1.85. The lowest BCUT2D eigenvalue weighted by atomic mass is 10.3. The molecule has 0 unspecified atom stereocenters. The summed E-state index contributed by atoms with van der Waals surface area (Å²) in [4.78, 5) is 10.9. The van der Waals surface area contributed by atoms with Crippen molar-refractivity contribution < 1.29 is 9.90 Å². The average Bonchev–Trinajstić information content (AvgIpc) is 2.76. The van der Waals surface area contributed by atoms with E-state index in [2.05, 4.69) is 25.7 Å². The Kier molecular flexibility index (Phi) is 3.46. The van der Waals surface area contributed by atoms with Crippen LogP contribution >= 0.6 is 0 Å². The molecule has 2 rings (SSSR count). The van der Waals surface area contributed by atoms with Crippen molar-refractivity contribution in [2.24, 2.45) is 7.05 Å². The summed E-state index contributed by atoms with van der Waals surface area (Å²) >= 11 is 0. The molecule has 0 atom stereocenters. The van der Waals surface area contributed by atoms with E-state index in [1.807, 2.05) is 7.05 Å². The molecule has 94 valence electrons. The van der Waals surface area contributed by atoms with Crippen molar-refractivity contribution in [2.75, 3.05) is 11.9 Å². The van der Waals surface area contributed by atoms with Crippen molar-refractivity contribution in [3.8, 4) is 0 Å². The third kappa shape index (κ3) is 2.59. The van der Waals surface area contributed by atoms with E-state index >= 15 is 0 Å². The second-order valence-electron chi connectivity index (χ2n) is 3.63. The zero-order valence-electron chi connectivity index (χ0n) is 9.74. The van der Waals surface area contributed by atoms with Crippen molar-refractivity contribution in [3.63, 3.8) is 0 Å². The highest BCUT2D eigenvalue weighted by Gasteiger charge is 2.11. The Labute approximate surface area is 103 Å². The van der Waals surface area contributed by atoms with E-state index in [0.29, 0.717) is 13.0 Å². The first-order valence-electron chi connectivity index (χ1n) is 5.30. The van der Waals surface area contributed by atoms with E-state index in [1.165, 1.54) is 12.3 Å². The number of nitrogens with zero attached hydrogens (tertiary/aromatic N) is 5. The van der Waals surface area contributed by atoms with Gasteiger partial charge in [-0.2, -0.15) is 5.10 Å². The monoisotopic (exact) mass is 248 g/mol. The lowest BCUT2D eigenvalue weighted by Gasteiger charge is -2.06. The van der Waals surface area contributed by atoms with Gasteiger partial charge >= 0.3 is 5.97 Å². The van der Waals surface area contributed by atoms with Crippen LogP contribution in [-0.4, -0.2) is 42.6 Å². The molecular formula is C10H12N6O2. The largest absolute Gasteiger partial charge is 0.478 e. The Morgan fingerprint density at radius 1 is 1.44 bits per heavy atom. The van der Waals surface area contributed by atoms with Crippen LogP contribution in [0.3, 0.4) is 0 Å². The zero-order chi connectivity index (χ0) is 13.0. The molecular weight excluding hydrogens is 236 g/mol. The molecule has 0 aliphatic carbocycles. The van der Waals surface area contributed by atoms with E-state index in [0.717, 1.165) is 5.82 Å². The van der Waals surface area contributed by atoms with Crippen molar-refractivity contribution >= 4 is 11.8 Å². The molecule has 0 amide bonds. The minimum atomic E-state index is -1.04. The van der Waals surface area contributed by atoms with Crippen LogP contribution in [-0.2, 0) is 13.5 Å². The summed E-state index contributed by atoms with van der Waals surface area (Å²) in [5, 5.41) is 27.0. The quantitative estimate of drug-likeness (QED) is 0.764. The maximum absolute atomic E-state index is 10.9. The fraction of sp³-hybridized carbons (Fsp3) is 0.300. The van der Waals surface area contributed by atoms with Gasteiger partial charge in [-0.15, -0.1) is 15.3 Å². The molecule has 2 aromatic rings. The van der Waals surface area contributed by atoms with Crippen molar-refractivity contribution in [2.45, 2.75) is 6.42 Å². The van der Waals surface area contributed by atoms with Gasteiger partial charge in [-0.1, -0.05) is 0 Å². The molecule has 0 saturated heterocycles. The van der Waals surface area contributed by atoms with Crippen LogP contribution in [0.25, 0.3) is 0 Å². The number of nitrogens with one attached hydrogen (secondary N) is 1. The number of carboxylic acids is 1. The van der Waals surface area contributed by atoms with Gasteiger partial charge in [0.1, 0.15) is 17.7 Å². The normalized spacial score (nSPS) is 10.3. The molecule has 0 radical (unpaired) electrons. The number of hydrogen-bond donors (Lipinski definition) is 2. The predicted octanol–water partition coefficient (Wildman–Crippen LogP) is -0.0421. The molecule has 0 bridgehead atoms. The van der Waals surface area contributed by atoms with E-state index in [4.69, 9.17) is 5.11 Å². The highest BCUT2D eigenvalue weighted by atomic mass is 16.4. The number of aromatic carboxylic acids is 1. The first kappa shape index (κ1) is 12.0. The Morgan fingerprint density at radius 2 is 2.28 bits per heavy atom. The molecule has 0 spiro atoms. The number of carbonyl (C=O) groups is 1. The summed E-state index contributed by atoms with van der Waals surface area (Å²) < 4.78 is 1.80. The van der Waals surface area contributed by atoms with Crippen LogP contribution in [0.15, 0.2) is 18.6 Å². The van der Waals surface area contributed by atoms with Gasteiger partial charge in [0.15, 0.2) is 5.82 Å². The molecule has 0 aliphatic heterocycles. The third-order valence-corrected chi connectivity index (χ3v) is 2.40. The second-order valence-corrected chi connectivity index (χ2v) is 3.63. The van der Waals surface area contributed by atoms with Crippen molar-refractivity contribution in [1.82, 2.24) is 25.0 Å². The summed E-state index contributed by atoms with van der Waals surface area (Å²) in [6.45, 7) is 0.505. The summed E-state index contributed by atoms with van der Waals surface area (Å²) in [6.07, 6.45) is 3.57. The molecule has 8 nitrogen and oxygen atoms in total. The van der Waals surface area contributed by atoms with Gasteiger partial charge in [-0.05, 0) is 6.07 Å². The van der Waals surface area contributed by atoms with Crippen molar-refractivity contribution in [1.29, 1.82) is 0 Å². The summed E-state index contributed by atoms with van der Waals surface area (Å²) in [6, 6.07) is 1.40. The molecule has 0 aliphatic rings. The maximum Gasteiger partial charge on any atom is 0.339 e. The molecule has 18 heavy (non-hydrogen) atoms. The van der Waals surface area contributed by atoms with Crippen LogP contribution in [0.1, 0.15) is 16.2 Å². The number of anilines is 1. The highest BCUT2D eigenvalue weighted by molar-refractivity contribution is 5.92. The number of hydrogen-bond acceptors (Lipinski definition) is 6. The smallest absolute Gasteiger partial charge is 0.339 e. The maximum atomic E-state index is 10.9. The summed E-state index contributed by atoms with van der Waals surface area (Å²) in [5.74, 6) is 0.0292. The van der Waals surface area contributed by atoms with Gasteiger partial charge < -0.3 is 15.0 Å². The second kappa shape index (κ2) is 5.21. The van der Waals surface area contributed by atoms with Gasteiger partial charge in [0.25, 0.3) is 0 Å². The lowest BCUT2D eigenvalue weighted by Crippen LogP contribution is -2.13. The lowest BCUT2D eigenvalue weighted by molar-refractivity contribution is 0.0697. The minimum Gasteiger partial charge on any atom is -0.478 e. The standard InChI is InChI=1S/C10H12N6O2/c1-16-6-13-14-8(16)3-4-11-9-7(10(17)18)2-5-12-15-9/h2,5-6H,3-4H2,1H3,(H,11,15)(H,17,18). The fourth-order valence-corrected chi connectivity index (χ4v) is 1.46. The fourth-order valence-electron chi connectivity index (χ4n) is 1.46. The van der Waals surface area contributed by atoms with Gasteiger partial charge in [0.05, 0.1) is 6.20 Å². The number of aromatic nitrogens is 5. The van der Waals surface area contributed by atoms with Gasteiger partial charge in [0, 0.05) is 20.0 Å². The van der Waals surface area contributed by atoms with Crippen LogP contribution in [0.2, 0.25) is 0 Å². The molecule has 2 N–H and O–H groups in total. The van der Waals surface area contributed by atoms with E-state index in [-0.39, 0.29) is 11.4 Å². The zero-order valence-corrected chi connectivity index (χ0v) is 9.74. The van der Waals surface area contributed by atoms with Gasteiger partial charge in [0.2, 0.25) is 0 Å². The van der Waals surface area contributed by atoms with Crippen LogP contribution in [0, 0.1) is 0 Å². The van der Waals surface area contributed by atoms with Crippen LogP contribution in [0.4, 0.5) is 5.82 Å². The molecule has 0 fully saturated rings. The highest BCUT2D eigenvalue weighted by Crippen LogP contribution is 2.09. The van der Waals surface area contributed by atoms with Gasteiger partial charge in [-0.25, -0.2) is 4.79 Å². The molecule has 0 aromatic carbocycles. The first-order valence-corrected chi connectivity index (χ1v) is 5.30. The minimum absolute atomic E-state index is 0.1000. The number of aryl methyl sites for hydroxylation is 1. The number of carboxylic acid groups (broad SMARTS) is 1. The first-order chi connectivity index (χ1) is 8.68. The van der Waals surface area contributed by atoms with Crippen molar-refractivity contribution in [3.05, 3.63) is 30.0 Å². The predicted molar refractivity (Wildman–Crippen MR) is 62.2 cm³/mol. The van der Waals surface area contributed by atoms with E-state index < -0.39 is 5.97 Å². The molecule has 0 saturated carbocycles. The molecule has 2 heterocycles. The Balaban J connectivity index is 1.99. The topological polar surface area (TPSA) is 106 Å².